The van der Waals surface area contributed by atoms with Gasteiger partial charge < -0.3 is 9.30 Å². The van der Waals surface area contributed by atoms with Gasteiger partial charge >= 0.3 is 0 Å². The smallest absolute Gasteiger partial charge is 0.144 e. The zero-order valence-corrected chi connectivity index (χ0v) is 13.5. The Kier molecular flexibility index (Phi) is 4.24. The minimum Gasteiger partial charge on any atom is -0.494 e. The van der Waals surface area contributed by atoms with Gasteiger partial charge in [0.05, 0.1) is 19.1 Å². The molecule has 0 fully saturated rings. The summed E-state index contributed by atoms with van der Waals surface area (Å²) >= 11 is 0. The van der Waals surface area contributed by atoms with Crippen LogP contribution in [0, 0.1) is 6.92 Å². The first-order chi connectivity index (χ1) is 11.2. The van der Waals surface area contributed by atoms with Gasteiger partial charge in [0.1, 0.15) is 17.1 Å². The SMILES string of the molecule is COc1ccccc1N=C(c1ccccc1)c1ncn(C)c1C. The molecule has 4 nitrogen and oxygen atoms in total. The second-order valence-electron chi connectivity index (χ2n) is 5.29. The van der Waals surface area contributed by atoms with Crippen LogP contribution in [0.2, 0.25) is 0 Å². The van der Waals surface area contributed by atoms with Gasteiger partial charge in [-0.15, -0.1) is 0 Å². The average molecular weight is 305 g/mol. The monoisotopic (exact) mass is 305 g/mol. The van der Waals surface area contributed by atoms with Gasteiger partial charge in [0, 0.05) is 18.3 Å². The zero-order chi connectivity index (χ0) is 16.2. The Labute approximate surface area is 136 Å². The third-order valence-electron chi connectivity index (χ3n) is 3.82. The van der Waals surface area contributed by atoms with E-state index in [1.165, 1.54) is 0 Å². The predicted molar refractivity (Wildman–Crippen MR) is 92.7 cm³/mol. The van der Waals surface area contributed by atoms with Crippen molar-refractivity contribution in [1.29, 1.82) is 0 Å². The fourth-order valence-corrected chi connectivity index (χ4v) is 2.42. The molecule has 0 bridgehead atoms. The second kappa shape index (κ2) is 6.48. The van der Waals surface area contributed by atoms with E-state index in [1.54, 1.807) is 7.11 Å². The first kappa shape index (κ1) is 15.0. The summed E-state index contributed by atoms with van der Waals surface area (Å²) in [6, 6.07) is 17.8. The van der Waals surface area contributed by atoms with Crippen LogP contribution in [-0.4, -0.2) is 22.4 Å². The molecule has 0 unspecified atom stereocenters. The van der Waals surface area contributed by atoms with Crippen LogP contribution < -0.4 is 4.74 Å². The average Bonchev–Trinajstić information content (AvgIpc) is 2.93. The molecule has 0 aliphatic rings. The number of methoxy groups -OCH3 is 1. The molecule has 4 heteroatoms. The van der Waals surface area contributed by atoms with Gasteiger partial charge in [0.2, 0.25) is 0 Å². The molecule has 1 aromatic heterocycles. The molecular weight excluding hydrogens is 286 g/mol. The lowest BCUT2D eigenvalue weighted by molar-refractivity contribution is 0.416. The molecule has 0 aliphatic heterocycles. The molecular formula is C19H19N3O. The zero-order valence-electron chi connectivity index (χ0n) is 13.5. The van der Waals surface area contributed by atoms with E-state index in [4.69, 9.17) is 9.73 Å². The van der Waals surface area contributed by atoms with Crippen LogP contribution >= 0.6 is 0 Å². The Hall–Kier alpha value is -2.88. The number of imidazole rings is 1. The first-order valence-corrected chi connectivity index (χ1v) is 7.46. The van der Waals surface area contributed by atoms with Gasteiger partial charge in [-0.25, -0.2) is 9.98 Å². The largest absolute Gasteiger partial charge is 0.494 e. The van der Waals surface area contributed by atoms with Gasteiger partial charge in [0.25, 0.3) is 0 Å². The number of benzene rings is 2. The van der Waals surface area contributed by atoms with Crippen molar-refractivity contribution in [3.05, 3.63) is 77.9 Å². The van der Waals surface area contributed by atoms with Gasteiger partial charge in [-0.3, -0.25) is 0 Å². The number of hydrogen-bond donors (Lipinski definition) is 0. The summed E-state index contributed by atoms with van der Waals surface area (Å²) in [5.41, 5.74) is 4.61. The first-order valence-electron chi connectivity index (χ1n) is 7.46. The van der Waals surface area contributed by atoms with Crippen LogP contribution in [0.5, 0.6) is 5.75 Å². The Morgan fingerprint density at radius 2 is 1.74 bits per heavy atom. The number of rotatable bonds is 4. The van der Waals surface area contributed by atoms with E-state index >= 15 is 0 Å². The highest BCUT2D eigenvalue weighted by molar-refractivity contribution is 6.13. The Bertz CT molecular complexity index is 835. The number of hydrogen-bond acceptors (Lipinski definition) is 3. The van der Waals surface area contributed by atoms with Crippen LogP contribution in [0.1, 0.15) is 17.0 Å². The quantitative estimate of drug-likeness (QED) is 0.686. The number of ether oxygens (including phenoxy) is 1. The molecule has 0 N–H and O–H groups in total. The number of aryl methyl sites for hydroxylation is 1. The molecule has 0 aliphatic carbocycles. The third-order valence-corrected chi connectivity index (χ3v) is 3.82. The highest BCUT2D eigenvalue weighted by atomic mass is 16.5. The molecule has 3 rings (SSSR count). The van der Waals surface area contributed by atoms with E-state index in [0.717, 1.165) is 34.1 Å². The molecule has 2 aromatic carbocycles. The van der Waals surface area contributed by atoms with E-state index in [-0.39, 0.29) is 0 Å². The van der Waals surface area contributed by atoms with Crippen molar-refractivity contribution in [1.82, 2.24) is 9.55 Å². The van der Waals surface area contributed by atoms with Gasteiger partial charge in [0.15, 0.2) is 0 Å². The van der Waals surface area contributed by atoms with E-state index < -0.39 is 0 Å². The highest BCUT2D eigenvalue weighted by Gasteiger charge is 2.15. The molecule has 0 spiro atoms. The van der Waals surface area contributed by atoms with E-state index in [2.05, 4.69) is 4.98 Å². The molecule has 3 aromatic rings. The highest BCUT2D eigenvalue weighted by Crippen LogP contribution is 2.28. The van der Waals surface area contributed by atoms with E-state index in [0.29, 0.717) is 0 Å². The summed E-state index contributed by atoms with van der Waals surface area (Å²) in [7, 11) is 3.64. The van der Waals surface area contributed by atoms with Crippen LogP contribution in [0.4, 0.5) is 5.69 Å². The van der Waals surface area contributed by atoms with Gasteiger partial charge in [-0.05, 0) is 19.1 Å². The molecule has 0 saturated heterocycles. The fourth-order valence-electron chi connectivity index (χ4n) is 2.42. The number of nitrogens with zero attached hydrogens (tertiary/aromatic N) is 3. The lowest BCUT2D eigenvalue weighted by Gasteiger charge is -2.09. The molecule has 0 atom stereocenters. The van der Waals surface area contributed by atoms with Crippen LogP contribution in [-0.2, 0) is 7.05 Å². The molecule has 0 amide bonds. The Morgan fingerprint density at radius 1 is 1.04 bits per heavy atom. The van der Waals surface area contributed by atoms with E-state index in [1.807, 2.05) is 79.5 Å². The van der Waals surface area contributed by atoms with Crippen molar-refractivity contribution < 1.29 is 4.74 Å². The minimum atomic E-state index is 0.745. The normalized spacial score (nSPS) is 11.5. The standard InChI is InChI=1S/C19H19N3O/c1-14-18(20-13-22(14)2)19(15-9-5-4-6-10-15)21-16-11-7-8-12-17(16)23-3/h4-13H,1-3H3. The predicted octanol–water partition coefficient (Wildman–Crippen LogP) is 3.91. The fraction of sp³-hybridized carbons (Fsp3) is 0.158. The lowest BCUT2D eigenvalue weighted by Crippen LogP contribution is -2.06. The maximum absolute atomic E-state index is 5.42. The van der Waals surface area contributed by atoms with Gasteiger partial charge in [-0.1, -0.05) is 42.5 Å². The molecule has 116 valence electrons. The molecule has 0 radical (unpaired) electrons. The van der Waals surface area contributed by atoms with Crippen LogP contribution in [0.15, 0.2) is 65.9 Å². The Balaban J connectivity index is 2.20. The topological polar surface area (TPSA) is 39.4 Å². The van der Waals surface area contributed by atoms with Crippen molar-refractivity contribution in [3.8, 4) is 5.75 Å². The van der Waals surface area contributed by atoms with Crippen LogP contribution in [0.25, 0.3) is 0 Å². The van der Waals surface area contributed by atoms with Crippen molar-refractivity contribution in [2.24, 2.45) is 12.0 Å². The lowest BCUT2D eigenvalue weighted by atomic mass is 10.1. The molecule has 0 saturated carbocycles. The maximum Gasteiger partial charge on any atom is 0.144 e. The van der Waals surface area contributed by atoms with Crippen molar-refractivity contribution in [3.63, 3.8) is 0 Å². The third kappa shape index (κ3) is 3.01. The summed E-state index contributed by atoms with van der Waals surface area (Å²) in [4.78, 5) is 9.39. The van der Waals surface area contributed by atoms with Crippen LogP contribution in [0.3, 0.4) is 0 Å². The number of aliphatic imine (C=N–C) groups is 1. The molecule has 1 heterocycles. The van der Waals surface area contributed by atoms with Crippen molar-refractivity contribution in [2.75, 3.05) is 7.11 Å². The summed E-state index contributed by atoms with van der Waals surface area (Å²) in [5, 5.41) is 0. The Morgan fingerprint density at radius 3 is 2.39 bits per heavy atom. The minimum absolute atomic E-state index is 0.745. The van der Waals surface area contributed by atoms with E-state index in [9.17, 15) is 0 Å². The summed E-state index contributed by atoms with van der Waals surface area (Å²) < 4.78 is 7.42. The number of para-hydroxylation sites is 2. The molecule has 23 heavy (non-hydrogen) atoms. The second-order valence-corrected chi connectivity index (χ2v) is 5.29. The summed E-state index contributed by atoms with van der Waals surface area (Å²) in [6.07, 6.45) is 1.81. The maximum atomic E-state index is 5.42. The number of aromatic nitrogens is 2. The van der Waals surface area contributed by atoms with Crippen molar-refractivity contribution in [2.45, 2.75) is 6.92 Å². The van der Waals surface area contributed by atoms with Crippen molar-refractivity contribution >= 4 is 11.4 Å². The summed E-state index contributed by atoms with van der Waals surface area (Å²) in [5.74, 6) is 0.745. The summed E-state index contributed by atoms with van der Waals surface area (Å²) in [6.45, 7) is 2.04. The van der Waals surface area contributed by atoms with Gasteiger partial charge in [-0.2, -0.15) is 0 Å².